The summed E-state index contributed by atoms with van der Waals surface area (Å²) in [6.07, 6.45) is 2.67. The van der Waals surface area contributed by atoms with E-state index >= 15 is 0 Å². The van der Waals surface area contributed by atoms with Crippen molar-refractivity contribution in [3.05, 3.63) is 47.5 Å². The average molecular weight is 174 g/mol. The summed E-state index contributed by atoms with van der Waals surface area (Å²) in [5, 5.41) is 0. The Hall–Kier alpha value is -1.41. The smallest absolute Gasteiger partial charge is 0.148 e. The predicted molar refractivity (Wildman–Crippen MR) is 49.3 cm³/mol. The van der Waals surface area contributed by atoms with Crippen LogP contribution in [0.2, 0.25) is 0 Å². The molecule has 1 heterocycles. The Morgan fingerprint density at radius 1 is 1.31 bits per heavy atom. The molecule has 1 aromatic carbocycles. The number of rotatable bonds is 2. The second-order valence-corrected chi connectivity index (χ2v) is 3.00. The quantitative estimate of drug-likeness (QED) is 0.640. The van der Waals surface area contributed by atoms with Crippen molar-refractivity contribution in [3.63, 3.8) is 0 Å². The molecule has 1 aliphatic rings. The zero-order valence-corrected chi connectivity index (χ0v) is 7.14. The van der Waals surface area contributed by atoms with Crippen molar-refractivity contribution in [2.75, 3.05) is 6.61 Å². The van der Waals surface area contributed by atoms with Gasteiger partial charge in [-0.3, -0.25) is 4.79 Å². The molecule has 1 unspecified atom stereocenters. The molecule has 0 N–H and O–H groups in total. The SMILES string of the molecule is O=CC1=CC(c2ccccc2)OC1. The number of ether oxygens (including phenoxy) is 1. The Kier molecular flexibility index (Phi) is 2.23. The van der Waals surface area contributed by atoms with Gasteiger partial charge in [0.15, 0.2) is 0 Å². The first-order valence-electron chi connectivity index (χ1n) is 4.22. The van der Waals surface area contributed by atoms with Crippen LogP contribution < -0.4 is 0 Å². The zero-order valence-electron chi connectivity index (χ0n) is 7.14. The average Bonchev–Trinajstić information content (AvgIpc) is 2.67. The van der Waals surface area contributed by atoms with E-state index in [1.807, 2.05) is 36.4 Å². The highest BCUT2D eigenvalue weighted by Gasteiger charge is 2.16. The lowest BCUT2D eigenvalue weighted by Gasteiger charge is -2.06. The molecule has 1 atom stereocenters. The van der Waals surface area contributed by atoms with Crippen molar-refractivity contribution in [2.24, 2.45) is 0 Å². The van der Waals surface area contributed by atoms with E-state index in [1.165, 1.54) is 0 Å². The van der Waals surface area contributed by atoms with Crippen LogP contribution in [0.5, 0.6) is 0 Å². The normalized spacial score (nSPS) is 21.2. The van der Waals surface area contributed by atoms with Crippen LogP contribution in [0, 0.1) is 0 Å². The number of hydrogen-bond donors (Lipinski definition) is 0. The van der Waals surface area contributed by atoms with Crippen molar-refractivity contribution < 1.29 is 9.53 Å². The van der Waals surface area contributed by atoms with Crippen LogP contribution in [0.1, 0.15) is 11.7 Å². The molecule has 2 nitrogen and oxygen atoms in total. The van der Waals surface area contributed by atoms with Crippen LogP contribution in [-0.4, -0.2) is 12.9 Å². The molecule has 13 heavy (non-hydrogen) atoms. The number of benzene rings is 1. The lowest BCUT2D eigenvalue weighted by atomic mass is 10.1. The first-order chi connectivity index (χ1) is 6.40. The first-order valence-corrected chi connectivity index (χ1v) is 4.22. The van der Waals surface area contributed by atoms with Crippen molar-refractivity contribution in [1.29, 1.82) is 0 Å². The van der Waals surface area contributed by atoms with E-state index in [1.54, 1.807) is 0 Å². The van der Waals surface area contributed by atoms with Gasteiger partial charge in [-0.15, -0.1) is 0 Å². The lowest BCUT2D eigenvalue weighted by Crippen LogP contribution is -1.94. The molecule has 2 rings (SSSR count). The van der Waals surface area contributed by atoms with Crippen LogP contribution in [0.4, 0.5) is 0 Å². The third-order valence-corrected chi connectivity index (χ3v) is 2.07. The van der Waals surface area contributed by atoms with E-state index in [0.717, 1.165) is 17.4 Å². The number of hydrogen-bond acceptors (Lipinski definition) is 2. The Morgan fingerprint density at radius 2 is 2.08 bits per heavy atom. The summed E-state index contributed by atoms with van der Waals surface area (Å²) in [5.74, 6) is 0. The van der Waals surface area contributed by atoms with Crippen LogP contribution in [0.15, 0.2) is 42.0 Å². The van der Waals surface area contributed by atoms with Gasteiger partial charge in [-0.05, 0) is 11.6 Å². The summed E-state index contributed by atoms with van der Waals surface area (Å²) in [6, 6.07) is 9.88. The minimum Gasteiger partial charge on any atom is -0.365 e. The van der Waals surface area contributed by atoms with Gasteiger partial charge in [-0.1, -0.05) is 30.3 Å². The summed E-state index contributed by atoms with van der Waals surface area (Å²) in [6.45, 7) is 0.434. The van der Waals surface area contributed by atoms with Gasteiger partial charge in [-0.25, -0.2) is 0 Å². The van der Waals surface area contributed by atoms with Crippen LogP contribution >= 0.6 is 0 Å². The van der Waals surface area contributed by atoms with Crippen LogP contribution in [-0.2, 0) is 9.53 Å². The van der Waals surface area contributed by atoms with Crippen molar-refractivity contribution in [2.45, 2.75) is 6.10 Å². The Morgan fingerprint density at radius 3 is 2.69 bits per heavy atom. The molecule has 0 aromatic heterocycles. The molecule has 0 aliphatic carbocycles. The maximum Gasteiger partial charge on any atom is 0.148 e. The molecule has 0 spiro atoms. The van der Waals surface area contributed by atoms with Gasteiger partial charge in [0.2, 0.25) is 0 Å². The fraction of sp³-hybridized carbons (Fsp3) is 0.182. The monoisotopic (exact) mass is 174 g/mol. The standard InChI is InChI=1S/C11H10O2/c12-7-9-6-11(13-8-9)10-4-2-1-3-5-10/h1-7,11H,8H2. The highest BCUT2D eigenvalue weighted by Crippen LogP contribution is 2.25. The van der Waals surface area contributed by atoms with Gasteiger partial charge in [0.25, 0.3) is 0 Å². The lowest BCUT2D eigenvalue weighted by molar-refractivity contribution is -0.105. The molecule has 0 bridgehead atoms. The van der Waals surface area contributed by atoms with Gasteiger partial charge in [-0.2, -0.15) is 0 Å². The molecule has 0 saturated heterocycles. The molecule has 1 aliphatic heterocycles. The van der Waals surface area contributed by atoms with Gasteiger partial charge in [0.1, 0.15) is 12.4 Å². The predicted octanol–water partition coefficient (Wildman–Crippen LogP) is 1.88. The van der Waals surface area contributed by atoms with E-state index in [2.05, 4.69) is 0 Å². The third-order valence-electron chi connectivity index (χ3n) is 2.07. The summed E-state index contributed by atoms with van der Waals surface area (Å²) in [7, 11) is 0. The van der Waals surface area contributed by atoms with E-state index in [9.17, 15) is 4.79 Å². The highest BCUT2D eigenvalue weighted by molar-refractivity contribution is 5.74. The highest BCUT2D eigenvalue weighted by atomic mass is 16.5. The van der Waals surface area contributed by atoms with Crippen molar-refractivity contribution >= 4 is 6.29 Å². The maximum atomic E-state index is 10.4. The number of aldehydes is 1. The van der Waals surface area contributed by atoms with Crippen molar-refractivity contribution in [1.82, 2.24) is 0 Å². The second kappa shape index (κ2) is 3.54. The van der Waals surface area contributed by atoms with Crippen LogP contribution in [0.25, 0.3) is 0 Å². The summed E-state index contributed by atoms with van der Waals surface area (Å²) < 4.78 is 5.42. The van der Waals surface area contributed by atoms with Crippen LogP contribution in [0.3, 0.4) is 0 Å². The number of carbonyl (C=O) groups excluding carboxylic acids is 1. The molecule has 0 radical (unpaired) electrons. The minimum atomic E-state index is -0.0404. The third kappa shape index (κ3) is 1.68. The van der Waals surface area contributed by atoms with Gasteiger partial charge < -0.3 is 4.74 Å². The van der Waals surface area contributed by atoms with Gasteiger partial charge in [0, 0.05) is 5.57 Å². The van der Waals surface area contributed by atoms with Gasteiger partial charge in [0.05, 0.1) is 6.61 Å². The fourth-order valence-electron chi connectivity index (χ4n) is 1.39. The van der Waals surface area contributed by atoms with Crippen molar-refractivity contribution in [3.8, 4) is 0 Å². The summed E-state index contributed by atoms with van der Waals surface area (Å²) in [5.41, 5.74) is 1.83. The van der Waals surface area contributed by atoms with Gasteiger partial charge >= 0.3 is 0 Å². The molecular formula is C11H10O2. The largest absolute Gasteiger partial charge is 0.365 e. The summed E-state index contributed by atoms with van der Waals surface area (Å²) >= 11 is 0. The first kappa shape index (κ1) is 8.20. The molecule has 0 fully saturated rings. The van der Waals surface area contributed by atoms with E-state index < -0.39 is 0 Å². The minimum absolute atomic E-state index is 0.0404. The topological polar surface area (TPSA) is 26.3 Å². The fourth-order valence-corrected chi connectivity index (χ4v) is 1.39. The molecule has 0 saturated carbocycles. The molecule has 0 amide bonds. The zero-order chi connectivity index (χ0) is 9.10. The molecular weight excluding hydrogens is 164 g/mol. The molecule has 2 heteroatoms. The molecule has 1 aromatic rings. The molecule has 66 valence electrons. The van der Waals surface area contributed by atoms with E-state index in [4.69, 9.17) is 4.74 Å². The Balaban J connectivity index is 2.21. The maximum absolute atomic E-state index is 10.4. The Bertz CT molecular complexity index is 327. The number of carbonyl (C=O) groups is 1. The van der Waals surface area contributed by atoms with E-state index in [0.29, 0.717) is 6.61 Å². The second-order valence-electron chi connectivity index (χ2n) is 3.00. The Labute approximate surface area is 76.8 Å². The summed E-state index contributed by atoms with van der Waals surface area (Å²) in [4.78, 5) is 10.4. The van der Waals surface area contributed by atoms with E-state index in [-0.39, 0.29) is 6.10 Å².